The summed E-state index contributed by atoms with van der Waals surface area (Å²) < 4.78 is 53.2. The van der Waals surface area contributed by atoms with E-state index in [0.29, 0.717) is 35.9 Å². The van der Waals surface area contributed by atoms with Crippen molar-refractivity contribution in [3.63, 3.8) is 0 Å². The molecular weight excluding hydrogens is 501 g/mol. The van der Waals surface area contributed by atoms with Gasteiger partial charge < -0.3 is 29.6 Å². The largest absolute Gasteiger partial charge is 0.586 e. The number of alkyl halides is 2. The molecule has 2 aliphatic carbocycles. The Hall–Kier alpha value is -3.24. The fourth-order valence-corrected chi connectivity index (χ4v) is 5.33. The van der Waals surface area contributed by atoms with Crippen molar-refractivity contribution in [1.82, 2.24) is 4.57 Å². The molecule has 0 saturated heterocycles. The number of amides is 1. The number of aliphatic hydroxyl groups is 2. The fourth-order valence-electron chi connectivity index (χ4n) is 5.33. The van der Waals surface area contributed by atoms with Crippen LogP contribution < -0.4 is 14.8 Å². The van der Waals surface area contributed by atoms with Crippen molar-refractivity contribution in [2.45, 2.75) is 63.2 Å². The average Bonchev–Trinajstić information content (AvgIpc) is 3.77. The van der Waals surface area contributed by atoms with Crippen LogP contribution in [0.4, 0.5) is 18.9 Å². The highest BCUT2D eigenvalue weighted by Crippen LogP contribution is 2.52. The van der Waals surface area contributed by atoms with E-state index in [2.05, 4.69) is 14.8 Å². The van der Waals surface area contributed by atoms with Crippen LogP contribution in [0.15, 0.2) is 36.4 Å². The minimum Gasteiger partial charge on any atom is -0.396 e. The first-order valence-corrected chi connectivity index (χ1v) is 12.7. The predicted molar refractivity (Wildman–Crippen MR) is 133 cm³/mol. The highest BCUT2D eigenvalue weighted by Gasteiger charge is 2.53. The predicted octanol–water partition coefficient (Wildman–Crippen LogP) is 4.81. The number of rotatable bonds is 8. The molecule has 3 aliphatic rings. The zero-order valence-corrected chi connectivity index (χ0v) is 21.1. The molecule has 1 aliphatic heterocycles. The summed E-state index contributed by atoms with van der Waals surface area (Å²) in [6.07, 6.45) is -1.05. The number of benzene rings is 2. The molecule has 38 heavy (non-hydrogen) atoms. The minimum absolute atomic E-state index is 0.00912. The number of nitrogens with one attached hydrogen (secondary N) is 1. The normalized spacial score (nSPS) is 20.0. The Bertz CT molecular complexity index is 1460. The third-order valence-corrected chi connectivity index (χ3v) is 8.25. The molecule has 2 saturated carbocycles. The van der Waals surface area contributed by atoms with Gasteiger partial charge in [-0.1, -0.05) is 19.9 Å². The van der Waals surface area contributed by atoms with Gasteiger partial charge in [0, 0.05) is 34.5 Å². The van der Waals surface area contributed by atoms with Crippen LogP contribution in [0.3, 0.4) is 0 Å². The van der Waals surface area contributed by atoms with Crippen LogP contribution in [0.25, 0.3) is 10.9 Å². The molecule has 2 fully saturated rings. The molecule has 0 radical (unpaired) electrons. The molecule has 7 nitrogen and oxygen atoms in total. The van der Waals surface area contributed by atoms with Crippen molar-refractivity contribution in [3.05, 3.63) is 53.5 Å². The average molecular weight is 531 g/mol. The van der Waals surface area contributed by atoms with E-state index >= 15 is 4.39 Å². The number of ether oxygens (including phenoxy) is 2. The Balaban J connectivity index is 1.32. The second kappa shape index (κ2) is 8.13. The minimum atomic E-state index is -3.76. The number of fused-ring (bicyclic) bond motifs is 2. The van der Waals surface area contributed by atoms with Gasteiger partial charge in [-0.25, -0.2) is 4.39 Å². The summed E-state index contributed by atoms with van der Waals surface area (Å²) in [5.74, 6) is -1.30. The van der Waals surface area contributed by atoms with Gasteiger partial charge in [-0.15, -0.1) is 8.78 Å². The van der Waals surface area contributed by atoms with Crippen LogP contribution in [0.2, 0.25) is 0 Å². The van der Waals surface area contributed by atoms with Gasteiger partial charge in [0.05, 0.1) is 29.8 Å². The van der Waals surface area contributed by atoms with Crippen LogP contribution >= 0.6 is 0 Å². The Morgan fingerprint density at radius 1 is 1.05 bits per heavy atom. The SMILES string of the molecule is CC(C)(CO)c1cc2cc(NC(=O)C3(c4ccc5c(c4)OC(F)(F)O5)CC3)c(F)cc2n1CC1(CO)CC1. The number of hydrogen-bond donors (Lipinski definition) is 3. The molecule has 2 aromatic carbocycles. The smallest absolute Gasteiger partial charge is 0.396 e. The van der Waals surface area contributed by atoms with Crippen molar-refractivity contribution in [2.24, 2.45) is 5.41 Å². The number of carbonyl (C=O) groups is 1. The first-order chi connectivity index (χ1) is 17.9. The summed E-state index contributed by atoms with van der Waals surface area (Å²) in [6.45, 7) is 4.21. The first-order valence-electron chi connectivity index (χ1n) is 12.7. The van der Waals surface area contributed by atoms with Gasteiger partial charge >= 0.3 is 6.29 Å². The van der Waals surface area contributed by atoms with Crippen LogP contribution in [0, 0.1) is 11.2 Å². The molecule has 3 N–H and O–H groups in total. The van der Waals surface area contributed by atoms with E-state index in [9.17, 15) is 23.8 Å². The molecular formula is C28H29F3N2O5. The van der Waals surface area contributed by atoms with Crippen molar-refractivity contribution >= 4 is 22.5 Å². The van der Waals surface area contributed by atoms with Crippen LogP contribution in [0.1, 0.15) is 50.8 Å². The standard InChI is InChI=1S/C28H29F3N2O5/c1-25(2,14-34)23-10-16-9-19(18(29)12-20(16)33(23)13-26(15-35)5-6-26)32-24(36)27(7-8-27)17-3-4-21-22(11-17)38-28(30,31)37-21/h3-4,9-12,34-35H,5-8,13-15H2,1-2H3,(H,32,36). The van der Waals surface area contributed by atoms with E-state index in [1.54, 1.807) is 12.1 Å². The maximum Gasteiger partial charge on any atom is 0.586 e. The maximum absolute atomic E-state index is 15.4. The topological polar surface area (TPSA) is 93.0 Å². The molecule has 2 heterocycles. The van der Waals surface area contributed by atoms with Gasteiger partial charge in [0.2, 0.25) is 5.91 Å². The van der Waals surface area contributed by atoms with E-state index in [-0.39, 0.29) is 35.8 Å². The Morgan fingerprint density at radius 2 is 1.76 bits per heavy atom. The monoisotopic (exact) mass is 530 g/mol. The lowest BCUT2D eigenvalue weighted by Gasteiger charge is -2.26. The van der Waals surface area contributed by atoms with Gasteiger partial charge in [0.25, 0.3) is 0 Å². The number of aliphatic hydroxyl groups excluding tert-OH is 2. The maximum atomic E-state index is 15.4. The number of aromatic nitrogens is 1. The number of halogens is 3. The zero-order chi connectivity index (χ0) is 27.1. The van der Waals surface area contributed by atoms with E-state index < -0.39 is 28.8 Å². The van der Waals surface area contributed by atoms with Gasteiger partial charge in [0.15, 0.2) is 11.5 Å². The van der Waals surface area contributed by atoms with Crippen molar-refractivity contribution in [3.8, 4) is 11.5 Å². The van der Waals surface area contributed by atoms with Crippen LogP contribution in [0.5, 0.6) is 11.5 Å². The molecule has 6 rings (SSSR count). The molecule has 0 bridgehead atoms. The van der Waals surface area contributed by atoms with Crippen molar-refractivity contribution in [2.75, 3.05) is 18.5 Å². The van der Waals surface area contributed by atoms with Crippen LogP contribution in [-0.4, -0.2) is 40.2 Å². The number of hydrogen-bond acceptors (Lipinski definition) is 5. The van der Waals surface area contributed by atoms with E-state index in [1.807, 2.05) is 24.5 Å². The molecule has 202 valence electrons. The molecule has 0 spiro atoms. The third-order valence-electron chi connectivity index (χ3n) is 8.25. The van der Waals surface area contributed by atoms with E-state index in [0.717, 1.165) is 18.5 Å². The van der Waals surface area contributed by atoms with Gasteiger partial charge in [-0.2, -0.15) is 0 Å². The quantitative estimate of drug-likeness (QED) is 0.389. The van der Waals surface area contributed by atoms with E-state index in [4.69, 9.17) is 0 Å². The molecule has 10 heteroatoms. The lowest BCUT2D eigenvalue weighted by atomic mass is 9.90. The lowest BCUT2D eigenvalue weighted by Crippen LogP contribution is -2.28. The highest BCUT2D eigenvalue weighted by atomic mass is 19.3. The fraction of sp³-hybridized carbons (Fsp3) is 0.464. The second-order valence-electron chi connectivity index (χ2n) is 11.6. The van der Waals surface area contributed by atoms with E-state index in [1.165, 1.54) is 18.2 Å². The summed E-state index contributed by atoms with van der Waals surface area (Å²) in [6, 6.07) is 9.10. The van der Waals surface area contributed by atoms with Gasteiger partial charge in [-0.3, -0.25) is 4.79 Å². The van der Waals surface area contributed by atoms with Gasteiger partial charge in [-0.05, 0) is 55.5 Å². The Kier molecular flexibility index (Phi) is 5.36. The number of anilines is 1. The van der Waals surface area contributed by atoms with Gasteiger partial charge in [0.1, 0.15) is 5.82 Å². The summed E-state index contributed by atoms with van der Waals surface area (Å²) in [5, 5.41) is 23.3. The Morgan fingerprint density at radius 3 is 2.39 bits per heavy atom. The molecule has 0 atom stereocenters. The lowest BCUT2D eigenvalue weighted by molar-refractivity contribution is -0.286. The summed E-state index contributed by atoms with van der Waals surface area (Å²) in [4.78, 5) is 13.4. The van der Waals surface area contributed by atoms with Crippen molar-refractivity contribution < 1.29 is 37.7 Å². The second-order valence-corrected chi connectivity index (χ2v) is 11.6. The summed E-state index contributed by atoms with van der Waals surface area (Å²) >= 11 is 0. The number of nitrogens with zero attached hydrogens (tertiary/aromatic N) is 1. The molecule has 1 aromatic heterocycles. The van der Waals surface area contributed by atoms with Crippen LogP contribution in [-0.2, 0) is 22.2 Å². The zero-order valence-electron chi connectivity index (χ0n) is 21.1. The first kappa shape index (κ1) is 25.1. The molecule has 0 unspecified atom stereocenters. The molecule has 1 amide bonds. The van der Waals surface area contributed by atoms with Crippen molar-refractivity contribution in [1.29, 1.82) is 0 Å². The number of carbonyl (C=O) groups excluding carboxylic acids is 1. The Labute approximate surface area is 217 Å². The molecule has 3 aromatic rings. The summed E-state index contributed by atoms with van der Waals surface area (Å²) in [7, 11) is 0. The summed E-state index contributed by atoms with van der Waals surface area (Å²) in [5.41, 5.74) is 0.0974. The third kappa shape index (κ3) is 4.01. The highest BCUT2D eigenvalue weighted by molar-refractivity contribution is 6.03.